The predicted molar refractivity (Wildman–Crippen MR) is 146 cm³/mol. The Kier molecular flexibility index (Phi) is 4.79. The van der Waals surface area contributed by atoms with Crippen molar-refractivity contribution in [1.29, 1.82) is 0 Å². The summed E-state index contributed by atoms with van der Waals surface area (Å²) in [6.07, 6.45) is 1.92. The molecular formula is C32H23ClN2O2. The van der Waals surface area contributed by atoms with Crippen LogP contribution in [0, 0.1) is 18.8 Å². The van der Waals surface area contributed by atoms with Crippen LogP contribution in [0.4, 0.5) is 11.4 Å². The summed E-state index contributed by atoms with van der Waals surface area (Å²) >= 11 is 6.52. The number of rotatable bonds is 3. The molecule has 1 fully saturated rings. The van der Waals surface area contributed by atoms with Crippen molar-refractivity contribution in [2.24, 2.45) is 16.8 Å². The number of para-hydroxylation sites is 1. The first kappa shape index (κ1) is 22.2. The molecule has 3 aliphatic carbocycles. The zero-order valence-corrected chi connectivity index (χ0v) is 20.9. The van der Waals surface area contributed by atoms with Gasteiger partial charge in [0.1, 0.15) is 0 Å². The maximum atomic E-state index is 14.4. The van der Waals surface area contributed by atoms with E-state index in [-0.39, 0.29) is 17.7 Å². The Bertz CT molecular complexity index is 1590. The van der Waals surface area contributed by atoms with Crippen LogP contribution in [0.1, 0.15) is 33.7 Å². The molecule has 8 rings (SSSR count). The first-order valence-electron chi connectivity index (χ1n) is 12.5. The molecule has 0 radical (unpaired) electrons. The van der Waals surface area contributed by atoms with Gasteiger partial charge in [-0.2, -0.15) is 0 Å². The number of anilines is 1. The number of halogens is 1. The minimum absolute atomic E-state index is 0.203. The quantitative estimate of drug-likeness (QED) is 0.234. The van der Waals surface area contributed by atoms with E-state index in [0.29, 0.717) is 10.7 Å². The molecule has 0 aromatic heterocycles. The Hall–Kier alpha value is -4.02. The highest BCUT2D eigenvalue weighted by Crippen LogP contribution is 2.64. The first-order valence-corrected chi connectivity index (χ1v) is 12.8. The summed E-state index contributed by atoms with van der Waals surface area (Å²) in [7, 11) is 0. The predicted octanol–water partition coefficient (Wildman–Crippen LogP) is 6.60. The summed E-state index contributed by atoms with van der Waals surface area (Å²) in [5.41, 5.74) is 5.71. The molecule has 2 amide bonds. The molecule has 4 aromatic rings. The van der Waals surface area contributed by atoms with Crippen molar-refractivity contribution in [3.05, 3.63) is 130 Å². The third-order valence-electron chi connectivity index (χ3n) is 8.20. The molecule has 1 heterocycles. The third kappa shape index (κ3) is 2.93. The summed E-state index contributed by atoms with van der Waals surface area (Å²) in [6.45, 7) is 2.03. The summed E-state index contributed by atoms with van der Waals surface area (Å²) in [5.74, 6) is -1.81. The minimum Gasteiger partial charge on any atom is -0.274 e. The van der Waals surface area contributed by atoms with Crippen molar-refractivity contribution in [1.82, 2.24) is 0 Å². The summed E-state index contributed by atoms with van der Waals surface area (Å²) in [4.78, 5) is 34.8. The number of carbonyl (C=O) groups is 2. The highest BCUT2D eigenvalue weighted by Gasteiger charge is 2.68. The Morgan fingerprint density at radius 3 is 2.14 bits per heavy atom. The number of imide groups is 1. The molecule has 0 spiro atoms. The SMILES string of the molecule is Cc1cccc(N=CC23c4ccccc4C(c4ccccc42)C2C(=O)N(c4ccccc4Cl)C(=O)C23)c1. The maximum absolute atomic E-state index is 14.4. The number of amides is 2. The van der Waals surface area contributed by atoms with Crippen molar-refractivity contribution >= 4 is 41.0 Å². The second kappa shape index (κ2) is 7.99. The van der Waals surface area contributed by atoms with Crippen LogP contribution in [0.5, 0.6) is 0 Å². The van der Waals surface area contributed by atoms with E-state index in [1.165, 1.54) is 4.90 Å². The van der Waals surface area contributed by atoms with E-state index in [0.717, 1.165) is 33.5 Å². The molecule has 2 unspecified atom stereocenters. The van der Waals surface area contributed by atoms with Crippen LogP contribution in [0.25, 0.3) is 0 Å². The van der Waals surface area contributed by atoms with Crippen molar-refractivity contribution in [3.8, 4) is 0 Å². The van der Waals surface area contributed by atoms with E-state index in [1.807, 2.05) is 61.7 Å². The lowest BCUT2D eigenvalue weighted by atomic mass is 9.47. The molecule has 0 saturated carbocycles. The van der Waals surface area contributed by atoms with Gasteiger partial charge in [0.2, 0.25) is 11.8 Å². The van der Waals surface area contributed by atoms with E-state index in [2.05, 4.69) is 24.3 Å². The molecule has 37 heavy (non-hydrogen) atoms. The Balaban J connectivity index is 1.52. The van der Waals surface area contributed by atoms with Crippen LogP contribution in [-0.4, -0.2) is 18.0 Å². The van der Waals surface area contributed by atoms with Gasteiger partial charge in [0.15, 0.2) is 0 Å². The Labute approximate surface area is 220 Å². The number of aryl methyl sites for hydroxylation is 1. The van der Waals surface area contributed by atoms with Gasteiger partial charge in [-0.1, -0.05) is 84.4 Å². The van der Waals surface area contributed by atoms with Gasteiger partial charge in [-0.05, 0) is 59.0 Å². The van der Waals surface area contributed by atoms with E-state index in [4.69, 9.17) is 16.6 Å². The highest BCUT2D eigenvalue weighted by atomic mass is 35.5. The average molecular weight is 503 g/mol. The maximum Gasteiger partial charge on any atom is 0.239 e. The lowest BCUT2D eigenvalue weighted by Gasteiger charge is -2.52. The molecule has 0 N–H and O–H groups in total. The number of hydrogen-bond acceptors (Lipinski definition) is 3. The highest BCUT2D eigenvalue weighted by molar-refractivity contribution is 6.36. The normalized spacial score (nSPS) is 25.4. The van der Waals surface area contributed by atoms with E-state index < -0.39 is 17.3 Å². The average Bonchev–Trinajstić information content (AvgIpc) is 3.19. The van der Waals surface area contributed by atoms with Crippen LogP contribution in [0.2, 0.25) is 5.02 Å². The molecule has 1 saturated heterocycles. The minimum atomic E-state index is -0.890. The summed E-state index contributed by atoms with van der Waals surface area (Å²) in [6, 6.07) is 31.5. The largest absolute Gasteiger partial charge is 0.274 e. The van der Waals surface area contributed by atoms with E-state index in [1.54, 1.807) is 24.3 Å². The van der Waals surface area contributed by atoms with Gasteiger partial charge in [-0.3, -0.25) is 14.6 Å². The summed E-state index contributed by atoms with van der Waals surface area (Å²) in [5, 5.41) is 0.382. The number of hydrogen-bond donors (Lipinski definition) is 0. The Morgan fingerprint density at radius 1 is 0.811 bits per heavy atom. The molecule has 4 nitrogen and oxygen atoms in total. The van der Waals surface area contributed by atoms with Crippen molar-refractivity contribution in [2.75, 3.05) is 4.90 Å². The topological polar surface area (TPSA) is 49.7 Å². The number of carbonyl (C=O) groups excluding carboxylic acids is 2. The second-order valence-electron chi connectivity index (χ2n) is 10.1. The fraction of sp³-hybridized carbons (Fsp3) is 0.156. The summed E-state index contributed by atoms with van der Waals surface area (Å²) < 4.78 is 0. The van der Waals surface area contributed by atoms with Gasteiger partial charge in [0.05, 0.1) is 33.6 Å². The van der Waals surface area contributed by atoms with Gasteiger partial charge in [0, 0.05) is 12.1 Å². The Morgan fingerprint density at radius 2 is 1.46 bits per heavy atom. The molecule has 5 heteroatoms. The zero-order chi connectivity index (χ0) is 25.3. The molecule has 4 aliphatic rings. The monoisotopic (exact) mass is 502 g/mol. The van der Waals surface area contributed by atoms with Gasteiger partial charge >= 0.3 is 0 Å². The fourth-order valence-corrected chi connectivity index (χ4v) is 7.03. The van der Waals surface area contributed by atoms with Crippen molar-refractivity contribution in [3.63, 3.8) is 0 Å². The van der Waals surface area contributed by atoms with Gasteiger partial charge in [0.25, 0.3) is 0 Å². The molecule has 180 valence electrons. The van der Waals surface area contributed by atoms with Crippen molar-refractivity contribution < 1.29 is 9.59 Å². The van der Waals surface area contributed by atoms with Crippen LogP contribution in [-0.2, 0) is 15.0 Å². The number of benzene rings is 4. The van der Waals surface area contributed by atoms with E-state index >= 15 is 0 Å². The van der Waals surface area contributed by atoms with Crippen LogP contribution in [0.3, 0.4) is 0 Å². The molecule has 2 atom stereocenters. The lowest BCUT2D eigenvalue weighted by molar-refractivity contribution is -0.122. The smallest absolute Gasteiger partial charge is 0.239 e. The van der Waals surface area contributed by atoms with Gasteiger partial charge in [-0.25, -0.2) is 4.90 Å². The molecule has 1 aliphatic heterocycles. The van der Waals surface area contributed by atoms with Crippen molar-refractivity contribution in [2.45, 2.75) is 18.3 Å². The first-order chi connectivity index (χ1) is 18.0. The van der Waals surface area contributed by atoms with Crippen LogP contribution >= 0.6 is 11.6 Å². The standard InChI is InChI=1S/C32H23ClN2O2/c1-19-9-8-10-20(17-19)34-18-32-23-13-4-2-11-21(23)27(22-12-3-5-14-24(22)32)28-29(32)31(37)35(30(28)36)26-16-7-6-15-25(26)33/h2-18,27-29H,1H3. The van der Waals surface area contributed by atoms with Gasteiger partial charge in [-0.15, -0.1) is 0 Å². The van der Waals surface area contributed by atoms with E-state index in [9.17, 15) is 9.59 Å². The molecule has 2 bridgehead atoms. The van der Waals surface area contributed by atoms with Crippen LogP contribution in [0.15, 0.2) is 102 Å². The lowest BCUT2D eigenvalue weighted by Crippen LogP contribution is -2.54. The zero-order valence-electron chi connectivity index (χ0n) is 20.1. The molecule has 4 aromatic carbocycles. The van der Waals surface area contributed by atoms with Crippen LogP contribution < -0.4 is 4.90 Å². The second-order valence-corrected chi connectivity index (χ2v) is 10.5. The third-order valence-corrected chi connectivity index (χ3v) is 8.52. The number of nitrogens with zero attached hydrogens (tertiary/aromatic N) is 2. The van der Waals surface area contributed by atoms with Gasteiger partial charge < -0.3 is 0 Å². The number of aliphatic imine (C=N–C) groups is 1. The fourth-order valence-electron chi connectivity index (χ4n) is 6.80. The molecular weight excluding hydrogens is 480 g/mol.